The molecule has 5 rings (SSSR count). The van der Waals surface area contributed by atoms with Crippen molar-refractivity contribution in [3.8, 4) is 0 Å². The molecule has 37 heavy (non-hydrogen) atoms. The van der Waals surface area contributed by atoms with Gasteiger partial charge < -0.3 is 5.32 Å². The molecule has 204 valence electrons. The molecule has 0 aliphatic heterocycles. The lowest BCUT2D eigenvalue weighted by molar-refractivity contribution is -0.153. The first-order valence-electron chi connectivity index (χ1n) is 14.0. The van der Waals surface area contributed by atoms with Gasteiger partial charge in [0.05, 0.1) is 0 Å². The van der Waals surface area contributed by atoms with Gasteiger partial charge in [0.2, 0.25) is 5.91 Å². The second-order valence-corrected chi connectivity index (χ2v) is 14.5. The zero-order valence-electron chi connectivity index (χ0n) is 22.8. The van der Waals surface area contributed by atoms with E-state index in [9.17, 15) is 18.0 Å². The summed E-state index contributed by atoms with van der Waals surface area (Å²) in [5.41, 5.74) is 0.171. The van der Waals surface area contributed by atoms with E-state index >= 15 is 0 Å². The van der Waals surface area contributed by atoms with Crippen molar-refractivity contribution in [2.75, 3.05) is 7.05 Å². The van der Waals surface area contributed by atoms with Crippen LogP contribution in [0.3, 0.4) is 0 Å². The third kappa shape index (κ3) is 4.27. The van der Waals surface area contributed by atoms with E-state index in [1.807, 2.05) is 30.3 Å². The average Bonchev–Trinajstić information content (AvgIpc) is 3.17. The second kappa shape index (κ2) is 9.45. The Bertz CT molecular complexity index is 1160. The Morgan fingerprint density at radius 3 is 2.43 bits per heavy atom. The minimum atomic E-state index is -3.69. The highest BCUT2D eigenvalue weighted by atomic mass is 32.2. The highest BCUT2D eigenvalue weighted by molar-refractivity contribution is 7.87. The molecule has 0 saturated heterocycles. The van der Waals surface area contributed by atoms with Gasteiger partial charge in [-0.05, 0) is 80.1 Å². The minimum absolute atomic E-state index is 0.0481. The van der Waals surface area contributed by atoms with E-state index in [0.717, 1.165) is 50.5 Å². The number of nitrogens with zero attached hydrogens (tertiary/aromatic N) is 1. The molecule has 0 aromatic heterocycles. The summed E-state index contributed by atoms with van der Waals surface area (Å²) in [6.07, 6.45) is 7.69. The van der Waals surface area contributed by atoms with Crippen LogP contribution in [0.4, 0.5) is 0 Å². The molecule has 0 bridgehead atoms. The lowest BCUT2D eigenvalue weighted by atomic mass is 9.42. The first-order valence-corrected chi connectivity index (χ1v) is 15.5. The predicted octanol–water partition coefficient (Wildman–Crippen LogP) is 4.19. The van der Waals surface area contributed by atoms with E-state index in [1.165, 1.54) is 7.05 Å². The number of rotatable bonds is 6. The maximum absolute atomic E-state index is 13.3. The van der Waals surface area contributed by atoms with Gasteiger partial charge in [-0.15, -0.1) is 0 Å². The van der Waals surface area contributed by atoms with Gasteiger partial charge in [0.15, 0.2) is 0 Å². The van der Waals surface area contributed by atoms with Crippen LogP contribution in [-0.4, -0.2) is 43.0 Å². The van der Waals surface area contributed by atoms with Crippen molar-refractivity contribution in [1.29, 1.82) is 0 Å². The Kier molecular flexibility index (Phi) is 6.85. The van der Waals surface area contributed by atoms with E-state index in [-0.39, 0.29) is 22.8 Å². The Balaban J connectivity index is 1.49. The maximum Gasteiger partial charge on any atom is 0.279 e. The Hall–Kier alpha value is -1.77. The molecule has 4 fully saturated rings. The molecule has 7 atom stereocenters. The Morgan fingerprint density at radius 2 is 1.76 bits per heavy atom. The molecule has 1 amide bonds. The van der Waals surface area contributed by atoms with E-state index in [1.54, 1.807) is 11.2 Å². The summed E-state index contributed by atoms with van der Waals surface area (Å²) in [6, 6.07) is 9.51. The fraction of sp³-hybridized carbons (Fsp3) is 0.724. The van der Waals surface area contributed by atoms with Crippen molar-refractivity contribution in [1.82, 2.24) is 14.3 Å². The van der Waals surface area contributed by atoms with E-state index in [2.05, 4.69) is 23.9 Å². The Labute approximate surface area is 222 Å². The van der Waals surface area contributed by atoms with Gasteiger partial charge in [0.25, 0.3) is 10.2 Å². The standard InChI is InChI=1S/C29H43N3O4S/c1-20(33)31-29-17-13-23-24-10-11-26(34)27(24,2)15-14-25(23)28(29,3)16-12-22(18-29)32(37(35,36)30-4)19-21-8-6-5-7-9-21/h5-9,22-25,30H,10-19H2,1-4H3,(H,31,33)/t22-,23+,24+,25+,27+,28-,29+/m1/s1. The number of carbonyl (C=O) groups is 2. The topological polar surface area (TPSA) is 95.6 Å². The van der Waals surface area contributed by atoms with Crippen molar-refractivity contribution >= 4 is 21.9 Å². The predicted molar refractivity (Wildman–Crippen MR) is 144 cm³/mol. The van der Waals surface area contributed by atoms with Crippen molar-refractivity contribution in [3.63, 3.8) is 0 Å². The molecular weight excluding hydrogens is 486 g/mol. The van der Waals surface area contributed by atoms with Crippen molar-refractivity contribution < 1.29 is 18.0 Å². The van der Waals surface area contributed by atoms with Gasteiger partial charge in [-0.25, -0.2) is 4.72 Å². The van der Waals surface area contributed by atoms with Crippen molar-refractivity contribution in [2.24, 2.45) is 28.6 Å². The summed E-state index contributed by atoms with van der Waals surface area (Å²) in [6.45, 7) is 6.44. The van der Waals surface area contributed by atoms with Gasteiger partial charge in [-0.1, -0.05) is 44.2 Å². The van der Waals surface area contributed by atoms with Crippen LogP contribution < -0.4 is 10.0 Å². The zero-order chi connectivity index (χ0) is 26.6. The lowest BCUT2D eigenvalue weighted by Gasteiger charge is -2.66. The van der Waals surface area contributed by atoms with Gasteiger partial charge in [0.1, 0.15) is 5.78 Å². The summed E-state index contributed by atoms with van der Waals surface area (Å²) in [7, 11) is -2.22. The first kappa shape index (κ1) is 26.8. The number of fused-ring (bicyclic) bond motifs is 5. The quantitative estimate of drug-likeness (QED) is 0.578. The summed E-state index contributed by atoms with van der Waals surface area (Å²) in [5.74, 6) is 1.75. The fourth-order valence-electron chi connectivity index (χ4n) is 9.17. The monoisotopic (exact) mass is 529 g/mol. The number of carbonyl (C=O) groups excluding carboxylic acids is 2. The van der Waals surface area contributed by atoms with Crippen molar-refractivity contribution in [2.45, 2.75) is 96.7 Å². The smallest absolute Gasteiger partial charge is 0.279 e. The van der Waals surface area contributed by atoms with Crippen molar-refractivity contribution in [3.05, 3.63) is 35.9 Å². The van der Waals surface area contributed by atoms with Crippen LogP contribution in [-0.2, 0) is 26.3 Å². The van der Waals surface area contributed by atoms with Crippen LogP contribution in [0.1, 0.15) is 84.1 Å². The average molecular weight is 530 g/mol. The molecule has 0 unspecified atom stereocenters. The van der Waals surface area contributed by atoms with Crippen LogP contribution in [0.5, 0.6) is 0 Å². The van der Waals surface area contributed by atoms with Gasteiger partial charge in [0, 0.05) is 43.9 Å². The molecule has 0 radical (unpaired) electrons. The van der Waals surface area contributed by atoms with Gasteiger partial charge >= 0.3 is 0 Å². The molecule has 1 aromatic rings. The number of hydrogen-bond acceptors (Lipinski definition) is 4. The molecule has 7 nitrogen and oxygen atoms in total. The highest BCUT2D eigenvalue weighted by Gasteiger charge is 2.65. The SMILES string of the molecule is CNS(=O)(=O)N(Cc1ccccc1)[C@@H]1CC[C@]2(C)[C@H]3CC[C@]4(C)C(=O)CC[C@H]4[C@@H]3CC[C@]2(NC(C)=O)C1. The zero-order valence-corrected chi connectivity index (χ0v) is 23.6. The molecule has 4 saturated carbocycles. The largest absolute Gasteiger partial charge is 0.350 e. The third-order valence-corrected chi connectivity index (χ3v) is 12.7. The van der Waals surface area contributed by atoms with Gasteiger partial charge in [-0.3, -0.25) is 9.59 Å². The Morgan fingerprint density at radius 1 is 1.03 bits per heavy atom. The summed E-state index contributed by atoms with van der Waals surface area (Å²) in [5, 5.41) is 3.42. The van der Waals surface area contributed by atoms with E-state index in [4.69, 9.17) is 0 Å². The summed E-state index contributed by atoms with van der Waals surface area (Å²) < 4.78 is 30.7. The summed E-state index contributed by atoms with van der Waals surface area (Å²) >= 11 is 0. The van der Waals surface area contributed by atoms with E-state index < -0.39 is 15.7 Å². The molecular formula is C29H43N3O4S. The van der Waals surface area contributed by atoms with Gasteiger partial charge in [-0.2, -0.15) is 12.7 Å². The molecule has 2 N–H and O–H groups in total. The lowest BCUT2D eigenvalue weighted by Crippen LogP contribution is -2.70. The molecule has 0 spiro atoms. The maximum atomic E-state index is 13.3. The molecule has 1 aromatic carbocycles. The minimum Gasteiger partial charge on any atom is -0.350 e. The van der Waals surface area contributed by atoms with Crippen LogP contribution in [0.15, 0.2) is 30.3 Å². The highest BCUT2D eigenvalue weighted by Crippen LogP contribution is 2.66. The first-order chi connectivity index (χ1) is 17.5. The number of benzene rings is 1. The molecule has 8 heteroatoms. The third-order valence-electron chi connectivity index (χ3n) is 11.1. The second-order valence-electron chi connectivity index (χ2n) is 12.7. The molecule has 4 aliphatic carbocycles. The van der Waals surface area contributed by atoms with Crippen LogP contribution in [0.2, 0.25) is 0 Å². The number of hydrogen-bond donors (Lipinski definition) is 2. The fourth-order valence-corrected chi connectivity index (χ4v) is 10.3. The summed E-state index contributed by atoms with van der Waals surface area (Å²) in [4.78, 5) is 25.5. The number of nitrogens with one attached hydrogen (secondary N) is 2. The number of Topliss-reactive ketones (excluding diaryl/α,β-unsaturated/α-hetero) is 1. The molecule has 4 aliphatic rings. The van der Waals surface area contributed by atoms with Crippen LogP contribution in [0, 0.1) is 28.6 Å². The number of amides is 1. The molecule has 0 heterocycles. The van der Waals surface area contributed by atoms with Crippen LogP contribution in [0.25, 0.3) is 0 Å². The van der Waals surface area contributed by atoms with Crippen LogP contribution >= 0.6 is 0 Å². The van der Waals surface area contributed by atoms with E-state index in [0.29, 0.717) is 42.9 Å². The normalized spacial score (nSPS) is 39.5. The number of ketones is 1.